The van der Waals surface area contributed by atoms with Gasteiger partial charge in [0.05, 0.1) is 21.5 Å². The number of aliphatic carboxylic acids is 1. The van der Waals surface area contributed by atoms with Gasteiger partial charge in [-0.05, 0) is 67.9 Å². The first-order valence-corrected chi connectivity index (χ1v) is 12.0. The maximum absolute atomic E-state index is 11.6. The minimum atomic E-state index is -1.14. The predicted molar refractivity (Wildman–Crippen MR) is 130 cm³/mol. The summed E-state index contributed by atoms with van der Waals surface area (Å²) in [5.74, 6) is 0.0132. The van der Waals surface area contributed by atoms with Gasteiger partial charge in [-0.1, -0.05) is 25.4 Å². The number of thiazole rings is 1. The summed E-state index contributed by atoms with van der Waals surface area (Å²) in [6, 6.07) is 5.76. The molecule has 0 saturated heterocycles. The van der Waals surface area contributed by atoms with Crippen molar-refractivity contribution in [2.45, 2.75) is 52.6 Å². The first-order chi connectivity index (χ1) is 15.5. The number of hydrogen-bond acceptors (Lipinski definition) is 7. The van der Waals surface area contributed by atoms with E-state index >= 15 is 0 Å². The SMILES string of the molecule is Cc1cc(Nc2cc(C)c(Cl)cn2)nc(-c2cnc(C3(O)CCC(C(=O)O)C(C)(C)C3)s2)c1. The van der Waals surface area contributed by atoms with Crippen molar-refractivity contribution < 1.29 is 15.0 Å². The van der Waals surface area contributed by atoms with Crippen LogP contribution in [0.15, 0.2) is 30.6 Å². The molecule has 0 spiro atoms. The highest BCUT2D eigenvalue weighted by Gasteiger charge is 2.49. The number of anilines is 2. The van der Waals surface area contributed by atoms with E-state index < -0.39 is 22.9 Å². The molecule has 7 nitrogen and oxygen atoms in total. The molecule has 4 rings (SSSR count). The van der Waals surface area contributed by atoms with Gasteiger partial charge in [0.2, 0.25) is 0 Å². The smallest absolute Gasteiger partial charge is 0.307 e. The second-order valence-corrected chi connectivity index (χ2v) is 11.0. The number of nitrogens with one attached hydrogen (secondary N) is 1. The first-order valence-electron chi connectivity index (χ1n) is 10.8. The fraction of sp³-hybridized carbons (Fsp3) is 0.417. The van der Waals surface area contributed by atoms with E-state index in [1.54, 1.807) is 12.4 Å². The summed E-state index contributed by atoms with van der Waals surface area (Å²) < 4.78 is 0. The molecule has 3 N–H and O–H groups in total. The molecule has 9 heteroatoms. The molecule has 2 unspecified atom stereocenters. The van der Waals surface area contributed by atoms with Gasteiger partial charge in [0.1, 0.15) is 22.2 Å². The van der Waals surface area contributed by atoms with E-state index in [4.69, 9.17) is 16.6 Å². The van der Waals surface area contributed by atoms with E-state index in [2.05, 4.69) is 15.3 Å². The van der Waals surface area contributed by atoms with Crippen LogP contribution in [0.5, 0.6) is 0 Å². The average Bonchev–Trinajstić information content (AvgIpc) is 3.20. The summed E-state index contributed by atoms with van der Waals surface area (Å²) in [5.41, 5.74) is 1.00. The summed E-state index contributed by atoms with van der Waals surface area (Å²) in [4.78, 5) is 26.0. The number of carboxylic acid groups (broad SMARTS) is 1. The lowest BCUT2D eigenvalue weighted by atomic mass is 9.63. The van der Waals surface area contributed by atoms with Crippen molar-refractivity contribution >= 4 is 40.5 Å². The Labute approximate surface area is 201 Å². The van der Waals surface area contributed by atoms with Crippen molar-refractivity contribution in [2.24, 2.45) is 11.3 Å². The molecule has 0 aliphatic heterocycles. The van der Waals surface area contributed by atoms with Crippen LogP contribution >= 0.6 is 22.9 Å². The number of pyridine rings is 2. The van der Waals surface area contributed by atoms with Crippen LogP contribution in [0.3, 0.4) is 0 Å². The summed E-state index contributed by atoms with van der Waals surface area (Å²) >= 11 is 7.47. The van der Waals surface area contributed by atoms with Crippen LogP contribution in [-0.4, -0.2) is 31.1 Å². The fourth-order valence-corrected chi connectivity index (χ4v) is 5.68. The van der Waals surface area contributed by atoms with Gasteiger partial charge < -0.3 is 15.5 Å². The number of carbonyl (C=O) groups is 1. The third kappa shape index (κ3) is 4.88. The molecule has 33 heavy (non-hydrogen) atoms. The monoisotopic (exact) mass is 486 g/mol. The highest BCUT2D eigenvalue weighted by atomic mass is 35.5. The van der Waals surface area contributed by atoms with Gasteiger partial charge in [-0.25, -0.2) is 15.0 Å². The average molecular weight is 487 g/mol. The fourth-order valence-electron chi connectivity index (χ4n) is 4.58. The van der Waals surface area contributed by atoms with Gasteiger partial charge in [0.25, 0.3) is 0 Å². The lowest BCUT2D eigenvalue weighted by molar-refractivity contribution is -0.154. The van der Waals surface area contributed by atoms with Crippen LogP contribution in [0.25, 0.3) is 10.6 Å². The van der Waals surface area contributed by atoms with Crippen molar-refractivity contribution in [3.63, 3.8) is 0 Å². The molecule has 3 aromatic heterocycles. The molecule has 0 amide bonds. The number of aryl methyl sites for hydroxylation is 2. The summed E-state index contributed by atoms with van der Waals surface area (Å²) in [7, 11) is 0. The molecule has 1 aliphatic carbocycles. The highest BCUT2D eigenvalue weighted by Crippen LogP contribution is 2.50. The lowest BCUT2D eigenvalue weighted by Gasteiger charge is -2.44. The maximum atomic E-state index is 11.6. The quantitative estimate of drug-likeness (QED) is 0.423. The van der Waals surface area contributed by atoms with Crippen molar-refractivity contribution in [2.75, 3.05) is 5.32 Å². The third-order valence-electron chi connectivity index (χ3n) is 6.27. The Bertz CT molecular complexity index is 1210. The standard InChI is InChI=1S/C24H27ClN4O3S/c1-13-7-17(28-20(8-13)29-19-9-14(2)16(25)10-26-19)18-11-27-22(33-18)24(32)6-5-15(21(30)31)23(3,4)12-24/h7-11,15,32H,5-6,12H2,1-4H3,(H,30,31)(H,26,28,29). The highest BCUT2D eigenvalue weighted by molar-refractivity contribution is 7.15. The van der Waals surface area contributed by atoms with Gasteiger partial charge in [-0.15, -0.1) is 11.3 Å². The molecule has 1 saturated carbocycles. The molecule has 1 fully saturated rings. The molecule has 3 aromatic rings. The molecule has 0 bridgehead atoms. The normalized spacial score (nSPS) is 22.2. The van der Waals surface area contributed by atoms with E-state index in [1.807, 2.05) is 45.9 Å². The topological polar surface area (TPSA) is 108 Å². The van der Waals surface area contributed by atoms with E-state index in [0.29, 0.717) is 40.9 Å². The largest absolute Gasteiger partial charge is 0.481 e. The minimum absolute atomic E-state index is 0.347. The molecule has 0 aromatic carbocycles. The van der Waals surface area contributed by atoms with Gasteiger partial charge in [0.15, 0.2) is 0 Å². The Morgan fingerprint density at radius 2 is 1.94 bits per heavy atom. The second-order valence-electron chi connectivity index (χ2n) is 9.51. The zero-order chi connectivity index (χ0) is 24.0. The summed E-state index contributed by atoms with van der Waals surface area (Å²) in [6.45, 7) is 7.70. The molecule has 3 heterocycles. The number of nitrogens with zero attached hydrogens (tertiary/aromatic N) is 3. The zero-order valence-corrected chi connectivity index (χ0v) is 20.6. The van der Waals surface area contributed by atoms with E-state index in [9.17, 15) is 15.0 Å². The summed E-state index contributed by atoms with van der Waals surface area (Å²) in [5, 5.41) is 25.4. The Morgan fingerprint density at radius 1 is 1.18 bits per heavy atom. The van der Waals surface area contributed by atoms with E-state index in [0.717, 1.165) is 21.7 Å². The second kappa shape index (κ2) is 8.66. The van der Waals surface area contributed by atoms with Crippen LogP contribution in [0.2, 0.25) is 5.02 Å². The molecule has 0 radical (unpaired) electrons. The van der Waals surface area contributed by atoms with Gasteiger partial charge in [-0.3, -0.25) is 4.79 Å². The molecule has 2 atom stereocenters. The molecule has 1 aliphatic rings. The van der Waals surface area contributed by atoms with Crippen molar-refractivity contribution in [1.29, 1.82) is 0 Å². The number of rotatable bonds is 5. The maximum Gasteiger partial charge on any atom is 0.307 e. The molecule has 174 valence electrons. The lowest BCUT2D eigenvalue weighted by Crippen LogP contribution is -2.44. The van der Waals surface area contributed by atoms with E-state index in [1.165, 1.54) is 11.3 Å². The van der Waals surface area contributed by atoms with Crippen molar-refractivity contribution in [1.82, 2.24) is 15.0 Å². The Kier molecular flexibility index (Phi) is 6.20. The first kappa shape index (κ1) is 23.6. The predicted octanol–water partition coefficient (Wildman–Crippen LogP) is 5.71. The number of hydrogen-bond donors (Lipinski definition) is 3. The molecular weight excluding hydrogens is 460 g/mol. The van der Waals surface area contributed by atoms with Gasteiger partial charge in [0, 0.05) is 12.4 Å². The van der Waals surface area contributed by atoms with Gasteiger partial charge in [-0.2, -0.15) is 0 Å². The Balaban J connectivity index is 1.59. The number of aromatic nitrogens is 3. The number of carboxylic acids is 1. The van der Waals surface area contributed by atoms with Crippen LogP contribution in [-0.2, 0) is 10.4 Å². The molecular formula is C24H27ClN4O3S. The third-order valence-corrected chi connectivity index (χ3v) is 7.87. The summed E-state index contributed by atoms with van der Waals surface area (Å²) in [6.07, 6.45) is 4.46. The van der Waals surface area contributed by atoms with Crippen LogP contribution in [0, 0.1) is 25.2 Å². The van der Waals surface area contributed by atoms with Crippen molar-refractivity contribution in [3.05, 3.63) is 51.7 Å². The Morgan fingerprint density at radius 3 is 2.61 bits per heavy atom. The van der Waals surface area contributed by atoms with Crippen LogP contribution in [0.4, 0.5) is 11.6 Å². The van der Waals surface area contributed by atoms with E-state index in [-0.39, 0.29) is 0 Å². The minimum Gasteiger partial charge on any atom is -0.481 e. The number of halogens is 1. The van der Waals surface area contributed by atoms with Crippen LogP contribution < -0.4 is 5.32 Å². The van der Waals surface area contributed by atoms with Crippen molar-refractivity contribution in [3.8, 4) is 10.6 Å². The number of aliphatic hydroxyl groups is 1. The van der Waals surface area contributed by atoms with Gasteiger partial charge >= 0.3 is 5.97 Å². The Hall–Kier alpha value is -2.55. The zero-order valence-electron chi connectivity index (χ0n) is 19.0. The van der Waals surface area contributed by atoms with Crippen LogP contribution in [0.1, 0.15) is 49.2 Å².